The Kier molecular flexibility index (Phi) is 13.0. The zero-order valence-electron chi connectivity index (χ0n) is 21.4. The van der Waals surface area contributed by atoms with Crippen molar-refractivity contribution in [3.05, 3.63) is 42.0 Å². The lowest BCUT2D eigenvalue weighted by molar-refractivity contribution is -0.437. The van der Waals surface area contributed by atoms with Crippen molar-refractivity contribution in [3.8, 4) is 11.5 Å². The lowest BCUT2D eigenvalue weighted by atomic mass is 10.1. The molecule has 38 heavy (non-hydrogen) atoms. The Bertz CT molecular complexity index is 1050. The summed E-state index contributed by atoms with van der Waals surface area (Å²) in [6, 6.07) is 4.13. The number of benzene rings is 1. The summed E-state index contributed by atoms with van der Waals surface area (Å²) in [6.45, 7) is 4.26. The Morgan fingerprint density at radius 3 is 2.45 bits per heavy atom. The molecule has 6 N–H and O–H groups in total. The van der Waals surface area contributed by atoms with Gasteiger partial charge in [0, 0.05) is 24.5 Å². The highest BCUT2D eigenvalue weighted by Crippen LogP contribution is 2.35. The maximum atomic E-state index is 11.2. The Hall–Kier alpha value is -3.17. The zero-order valence-corrected chi connectivity index (χ0v) is 22.2. The average Bonchev–Trinajstić information content (AvgIpc) is 3.54. The number of carboxylic acids is 2. The molecule has 210 valence electrons. The monoisotopic (exact) mass is 554 g/mol. The Balaban J connectivity index is 0.000000384. The first-order valence-electron chi connectivity index (χ1n) is 11.8. The van der Waals surface area contributed by atoms with Gasteiger partial charge in [-0.3, -0.25) is 9.98 Å². The molecular weight excluding hydrogens is 520 g/mol. The first-order valence-corrected chi connectivity index (χ1v) is 12.8. The second-order valence-corrected chi connectivity index (χ2v) is 9.32. The number of nitrogens with one attached hydrogen (secondary N) is 2. The molecule has 2 atom stereocenters. The number of imidazole rings is 1. The summed E-state index contributed by atoms with van der Waals surface area (Å²) in [7, 11) is 1.62. The second kappa shape index (κ2) is 15.9. The molecule has 0 amide bonds. The van der Waals surface area contributed by atoms with Gasteiger partial charge in [0.25, 0.3) is 0 Å². The van der Waals surface area contributed by atoms with Gasteiger partial charge in [-0.05, 0) is 19.1 Å². The first-order chi connectivity index (χ1) is 18.2. The predicted molar refractivity (Wildman–Crippen MR) is 132 cm³/mol. The molecule has 1 aromatic carbocycles. The minimum Gasteiger partial charge on any atom is -0.547 e. The maximum Gasteiger partial charge on any atom is 0.239 e. The number of hydrogen-bond donors (Lipinski definition) is 3. The van der Waals surface area contributed by atoms with Gasteiger partial charge < -0.3 is 49.6 Å². The van der Waals surface area contributed by atoms with Gasteiger partial charge in [0.1, 0.15) is 46.6 Å². The van der Waals surface area contributed by atoms with Crippen molar-refractivity contribution in [1.29, 1.82) is 0 Å². The van der Waals surface area contributed by atoms with Crippen LogP contribution in [0.1, 0.15) is 18.2 Å². The molecule has 0 radical (unpaired) electrons. The van der Waals surface area contributed by atoms with Crippen LogP contribution in [0.25, 0.3) is 0 Å². The third-order valence-electron chi connectivity index (χ3n) is 5.18. The van der Waals surface area contributed by atoms with Gasteiger partial charge in [0.15, 0.2) is 0 Å². The number of methoxy groups -OCH3 is 1. The summed E-state index contributed by atoms with van der Waals surface area (Å²) >= 11 is 1.27. The van der Waals surface area contributed by atoms with E-state index in [4.69, 9.17) is 18.9 Å². The molecular formula is C24H34N4O9S. The van der Waals surface area contributed by atoms with Crippen LogP contribution in [0.5, 0.6) is 11.5 Å². The standard InChI is InChI=1S/C18H25NO7S.C6H9N3O2/c1-18(17(21)22)12-27-16(19-18)14-4-3-13(11-15(14)20)26-10-9-25-8-7-24-6-5-23-2;7-5(6(10)11)1-4-2-8-3-9-4/h3-4,11,20H,5-10,12H2,1-2H3,(H,21,22);2-3,5H,1,7H2,(H,8,9)(H,10,11)/t18-;/m1./s1. The molecule has 3 rings (SSSR count). The lowest BCUT2D eigenvalue weighted by Crippen LogP contribution is -2.69. The van der Waals surface area contributed by atoms with Crippen LogP contribution in [-0.4, -0.2) is 91.2 Å². The number of H-pyrrole nitrogens is 2. The van der Waals surface area contributed by atoms with Crippen LogP contribution in [0.15, 0.2) is 35.7 Å². The Morgan fingerprint density at radius 1 is 1.21 bits per heavy atom. The molecule has 0 saturated carbocycles. The number of hydrogen-bond acceptors (Lipinski definition) is 11. The van der Waals surface area contributed by atoms with Gasteiger partial charge in [0.05, 0.1) is 51.4 Å². The molecule has 13 nitrogen and oxygen atoms in total. The maximum absolute atomic E-state index is 11.2. The smallest absolute Gasteiger partial charge is 0.239 e. The number of aliphatic carboxylic acids is 2. The topological polar surface area (TPSA) is 207 Å². The fourth-order valence-electron chi connectivity index (χ4n) is 2.99. The molecule has 2 aromatic rings. The zero-order chi connectivity index (χ0) is 28.0. The molecule has 0 fully saturated rings. The number of rotatable bonds is 15. The van der Waals surface area contributed by atoms with E-state index in [1.165, 1.54) is 24.8 Å². The molecule has 1 aliphatic rings. The number of phenolic OH excluding ortho intramolecular Hbond substituents is 1. The highest BCUT2D eigenvalue weighted by atomic mass is 32.2. The van der Waals surface area contributed by atoms with E-state index in [0.717, 1.165) is 5.69 Å². The van der Waals surface area contributed by atoms with E-state index in [0.29, 0.717) is 62.4 Å². The van der Waals surface area contributed by atoms with Crippen molar-refractivity contribution in [2.45, 2.75) is 24.9 Å². The molecule has 0 saturated heterocycles. The van der Waals surface area contributed by atoms with Gasteiger partial charge in [-0.2, -0.15) is 0 Å². The molecule has 0 spiro atoms. The van der Waals surface area contributed by atoms with Crippen molar-refractivity contribution >= 4 is 28.7 Å². The third-order valence-corrected chi connectivity index (χ3v) is 6.47. The number of phenols is 1. The second-order valence-electron chi connectivity index (χ2n) is 8.36. The number of carbonyl (C=O) groups is 2. The van der Waals surface area contributed by atoms with E-state index in [2.05, 4.69) is 20.7 Å². The van der Waals surface area contributed by atoms with Crippen molar-refractivity contribution in [2.24, 2.45) is 4.99 Å². The highest BCUT2D eigenvalue weighted by Gasteiger charge is 2.33. The number of aliphatic imine (C=N–C) groups is 1. The van der Waals surface area contributed by atoms with E-state index in [1.807, 2.05) is 0 Å². The van der Waals surface area contributed by atoms with E-state index in [1.54, 1.807) is 31.8 Å². The molecule has 1 aromatic heterocycles. The number of carbonyl (C=O) groups excluding carboxylic acids is 2. The number of nitrogens with zero attached hydrogens (tertiary/aromatic N) is 1. The predicted octanol–water partition coefficient (Wildman–Crippen LogP) is -2.82. The average molecular weight is 555 g/mol. The van der Waals surface area contributed by atoms with Crippen molar-refractivity contribution in [2.75, 3.05) is 52.5 Å². The summed E-state index contributed by atoms with van der Waals surface area (Å²) < 4.78 is 21.0. The van der Waals surface area contributed by atoms with Crippen molar-refractivity contribution in [3.63, 3.8) is 0 Å². The van der Waals surface area contributed by atoms with Gasteiger partial charge in [-0.25, -0.2) is 4.98 Å². The number of aromatic hydroxyl groups is 1. The number of thioether (sulfide) groups is 1. The summed E-state index contributed by atoms with van der Waals surface area (Å²) in [6.07, 6.45) is 3.68. The first kappa shape index (κ1) is 31.1. The minimum absolute atomic E-state index is 0.0196. The Labute approximate surface area is 224 Å². The van der Waals surface area contributed by atoms with E-state index in [9.17, 15) is 24.9 Å². The number of carboxylic acid groups (broad SMARTS) is 2. The molecule has 0 aliphatic carbocycles. The van der Waals surface area contributed by atoms with Gasteiger partial charge in [-0.15, -0.1) is 11.8 Å². The summed E-state index contributed by atoms with van der Waals surface area (Å²) in [4.78, 5) is 31.2. The van der Waals surface area contributed by atoms with E-state index in [-0.39, 0.29) is 11.5 Å². The molecule has 2 heterocycles. The van der Waals surface area contributed by atoms with E-state index < -0.39 is 23.5 Å². The number of ether oxygens (including phenoxy) is 4. The minimum atomic E-state index is -1.27. The van der Waals surface area contributed by atoms with E-state index >= 15 is 0 Å². The molecule has 14 heteroatoms. The molecule has 1 unspecified atom stereocenters. The Morgan fingerprint density at radius 2 is 1.89 bits per heavy atom. The van der Waals surface area contributed by atoms with Crippen LogP contribution in [-0.2, 0) is 30.2 Å². The SMILES string of the molecule is COCCOCCOCCOc1ccc(C2=N[C@@](C)(C(=O)[O-])CS2)c(O)c1.[NH3+]C(Cc1c[nH+]c[nH]1)C(=O)[O-]. The van der Waals surface area contributed by atoms with Crippen LogP contribution in [0.3, 0.4) is 0 Å². The largest absolute Gasteiger partial charge is 0.547 e. The number of quaternary nitrogens is 1. The quantitative estimate of drug-likeness (QED) is 0.192. The van der Waals surface area contributed by atoms with Crippen LogP contribution in [0, 0.1) is 0 Å². The lowest BCUT2D eigenvalue weighted by Gasteiger charge is -2.19. The fraction of sp³-hybridized carbons (Fsp3) is 0.500. The molecule has 0 bridgehead atoms. The number of aromatic amines is 2. The van der Waals surface area contributed by atoms with Crippen LogP contribution < -0.4 is 25.7 Å². The number of aromatic nitrogens is 2. The van der Waals surface area contributed by atoms with Crippen molar-refractivity contribution in [1.82, 2.24) is 4.98 Å². The van der Waals surface area contributed by atoms with Gasteiger partial charge in [0.2, 0.25) is 6.33 Å². The van der Waals surface area contributed by atoms with Crippen molar-refractivity contribution < 1.29 is 54.6 Å². The fourth-order valence-corrected chi connectivity index (χ4v) is 4.18. The molecule has 1 aliphatic heterocycles. The summed E-state index contributed by atoms with van der Waals surface area (Å²) in [5.41, 5.74) is 3.43. The third kappa shape index (κ3) is 10.3. The van der Waals surface area contributed by atoms with Crippen LogP contribution in [0.2, 0.25) is 0 Å². The summed E-state index contributed by atoms with van der Waals surface area (Å²) in [5.74, 6) is -1.61. The summed E-state index contributed by atoms with van der Waals surface area (Å²) in [5, 5.41) is 32.1. The normalized spacial score (nSPS) is 17.3. The van der Waals surface area contributed by atoms with Crippen LogP contribution in [0.4, 0.5) is 0 Å². The highest BCUT2D eigenvalue weighted by molar-refractivity contribution is 8.14. The van der Waals surface area contributed by atoms with Gasteiger partial charge >= 0.3 is 0 Å². The van der Waals surface area contributed by atoms with Crippen LogP contribution >= 0.6 is 11.8 Å². The van der Waals surface area contributed by atoms with Gasteiger partial charge in [-0.1, -0.05) is 0 Å².